The Morgan fingerprint density at radius 3 is 2.35 bits per heavy atom. The Balaban J connectivity index is 2.76. The molecule has 1 heterocycles. The van der Waals surface area contributed by atoms with Crippen LogP contribution in [0.15, 0.2) is 0 Å². The van der Waals surface area contributed by atoms with Crippen molar-refractivity contribution >= 4 is 7.32 Å². The van der Waals surface area contributed by atoms with Gasteiger partial charge in [0.05, 0.1) is 5.60 Å². The number of hydrogen-bond acceptors (Lipinski definition) is 3. The van der Waals surface area contributed by atoms with E-state index < -0.39 is 7.32 Å². The Labute approximate surface area is 106 Å². The second-order valence-electron chi connectivity index (χ2n) is 6.31. The van der Waals surface area contributed by atoms with Crippen molar-refractivity contribution in [2.75, 3.05) is 6.61 Å². The average molecular weight is 242 g/mol. The van der Waals surface area contributed by atoms with Crippen LogP contribution in [0.4, 0.5) is 0 Å². The molecule has 100 valence electrons. The first-order valence-electron chi connectivity index (χ1n) is 6.69. The molecule has 1 rings (SSSR count). The van der Waals surface area contributed by atoms with Crippen molar-refractivity contribution in [3.05, 3.63) is 0 Å². The molecule has 0 N–H and O–H groups in total. The summed E-state index contributed by atoms with van der Waals surface area (Å²) in [6, 6.07) is 0. The van der Waals surface area contributed by atoms with Crippen LogP contribution >= 0.6 is 0 Å². The molecule has 0 aromatic rings. The molecule has 3 nitrogen and oxygen atoms in total. The summed E-state index contributed by atoms with van der Waals surface area (Å²) in [7, 11) is -0.539. The van der Waals surface area contributed by atoms with Crippen molar-refractivity contribution in [2.24, 2.45) is 5.41 Å². The Morgan fingerprint density at radius 2 is 1.76 bits per heavy atom. The first-order chi connectivity index (χ1) is 7.74. The van der Waals surface area contributed by atoms with Gasteiger partial charge in [0.2, 0.25) is 0 Å². The van der Waals surface area contributed by atoms with Gasteiger partial charge in [-0.3, -0.25) is 0 Å². The van der Waals surface area contributed by atoms with E-state index in [0.717, 1.165) is 12.8 Å². The van der Waals surface area contributed by atoms with E-state index in [-0.39, 0.29) is 17.1 Å². The third-order valence-corrected chi connectivity index (χ3v) is 3.85. The fourth-order valence-electron chi connectivity index (χ4n) is 1.87. The van der Waals surface area contributed by atoms with Gasteiger partial charge in [-0.05, 0) is 46.0 Å². The highest BCUT2D eigenvalue weighted by atomic mass is 16.7. The fourth-order valence-corrected chi connectivity index (χ4v) is 1.87. The normalized spacial score (nSPS) is 25.2. The van der Waals surface area contributed by atoms with Crippen LogP contribution in [-0.4, -0.2) is 25.6 Å². The highest BCUT2D eigenvalue weighted by Crippen LogP contribution is 2.39. The first kappa shape index (κ1) is 15.0. The van der Waals surface area contributed by atoms with Gasteiger partial charge in [-0.15, -0.1) is 0 Å². The lowest BCUT2D eigenvalue weighted by molar-refractivity contribution is -0.0627. The van der Waals surface area contributed by atoms with E-state index in [1.807, 2.05) is 13.8 Å². The molecule has 1 saturated heterocycles. The quantitative estimate of drug-likeness (QED) is 0.694. The zero-order valence-electron chi connectivity index (χ0n) is 12.2. The van der Waals surface area contributed by atoms with Gasteiger partial charge in [0.25, 0.3) is 0 Å². The Bertz CT molecular complexity index is 239. The van der Waals surface area contributed by atoms with Crippen LogP contribution in [-0.2, 0) is 14.0 Å². The van der Waals surface area contributed by atoms with Crippen molar-refractivity contribution in [2.45, 2.75) is 72.5 Å². The average Bonchev–Trinajstić information content (AvgIpc) is 2.17. The SMILES string of the molecule is CC(C)OB1OCCCCC(C)(C)C(C)(C)O1. The maximum absolute atomic E-state index is 6.04. The molecule has 1 fully saturated rings. The van der Waals surface area contributed by atoms with Gasteiger partial charge in [0, 0.05) is 12.7 Å². The van der Waals surface area contributed by atoms with Crippen molar-refractivity contribution < 1.29 is 14.0 Å². The fraction of sp³-hybridized carbons (Fsp3) is 1.00. The smallest absolute Gasteiger partial charge is 0.386 e. The van der Waals surface area contributed by atoms with E-state index in [1.165, 1.54) is 6.42 Å². The minimum Gasteiger partial charge on any atom is -0.386 e. The van der Waals surface area contributed by atoms with Gasteiger partial charge in [-0.1, -0.05) is 20.3 Å². The molecular formula is C13H27BO3. The van der Waals surface area contributed by atoms with Crippen molar-refractivity contribution in [3.63, 3.8) is 0 Å². The molecule has 0 aliphatic carbocycles. The summed E-state index contributed by atoms with van der Waals surface area (Å²) in [5.41, 5.74) is -0.129. The van der Waals surface area contributed by atoms with Crippen LogP contribution in [0, 0.1) is 5.41 Å². The second kappa shape index (κ2) is 5.72. The Morgan fingerprint density at radius 1 is 1.12 bits per heavy atom. The molecular weight excluding hydrogens is 215 g/mol. The van der Waals surface area contributed by atoms with Crippen LogP contribution in [0.3, 0.4) is 0 Å². The monoisotopic (exact) mass is 242 g/mol. The molecule has 4 heteroatoms. The minimum atomic E-state index is -0.539. The van der Waals surface area contributed by atoms with Gasteiger partial charge in [-0.25, -0.2) is 0 Å². The molecule has 0 atom stereocenters. The van der Waals surface area contributed by atoms with Crippen LogP contribution in [0.1, 0.15) is 60.8 Å². The molecule has 0 saturated carbocycles. The number of rotatable bonds is 2. The van der Waals surface area contributed by atoms with Gasteiger partial charge < -0.3 is 14.0 Å². The summed E-state index contributed by atoms with van der Waals surface area (Å²) < 4.78 is 17.4. The summed E-state index contributed by atoms with van der Waals surface area (Å²) in [6.45, 7) is 13.5. The molecule has 1 aliphatic heterocycles. The molecule has 0 aromatic carbocycles. The van der Waals surface area contributed by atoms with Crippen LogP contribution in [0.5, 0.6) is 0 Å². The zero-order valence-corrected chi connectivity index (χ0v) is 12.2. The van der Waals surface area contributed by atoms with E-state index in [1.54, 1.807) is 0 Å². The third kappa shape index (κ3) is 4.27. The van der Waals surface area contributed by atoms with Crippen LogP contribution in [0.25, 0.3) is 0 Å². The van der Waals surface area contributed by atoms with E-state index in [9.17, 15) is 0 Å². The Kier molecular flexibility index (Phi) is 5.05. The number of hydrogen-bond donors (Lipinski definition) is 0. The van der Waals surface area contributed by atoms with E-state index in [0.29, 0.717) is 6.61 Å². The standard InChI is InChI=1S/C13H27BO3/c1-11(2)16-14-15-10-8-7-9-12(3,4)13(5,6)17-14/h11H,7-10H2,1-6H3. The van der Waals surface area contributed by atoms with E-state index in [4.69, 9.17) is 14.0 Å². The molecule has 0 radical (unpaired) electrons. The molecule has 0 spiro atoms. The molecule has 17 heavy (non-hydrogen) atoms. The third-order valence-electron chi connectivity index (χ3n) is 3.85. The van der Waals surface area contributed by atoms with Crippen molar-refractivity contribution in [3.8, 4) is 0 Å². The molecule has 0 amide bonds. The zero-order chi connectivity index (χ0) is 13.1. The lowest BCUT2D eigenvalue weighted by Crippen LogP contribution is -2.47. The summed E-state index contributed by atoms with van der Waals surface area (Å²) in [4.78, 5) is 0. The molecule has 0 bridgehead atoms. The van der Waals surface area contributed by atoms with Crippen molar-refractivity contribution in [1.82, 2.24) is 0 Å². The summed E-state index contributed by atoms with van der Waals surface area (Å²) in [5, 5.41) is 0. The van der Waals surface area contributed by atoms with E-state index >= 15 is 0 Å². The van der Waals surface area contributed by atoms with Crippen LogP contribution < -0.4 is 0 Å². The lowest BCUT2D eigenvalue weighted by atomic mass is 9.73. The highest BCUT2D eigenvalue weighted by Gasteiger charge is 2.42. The predicted octanol–water partition coefficient (Wildman–Crippen LogP) is 3.42. The predicted molar refractivity (Wildman–Crippen MR) is 70.7 cm³/mol. The van der Waals surface area contributed by atoms with Gasteiger partial charge in [0.15, 0.2) is 0 Å². The maximum atomic E-state index is 6.04. The van der Waals surface area contributed by atoms with Gasteiger partial charge in [-0.2, -0.15) is 0 Å². The van der Waals surface area contributed by atoms with Crippen LogP contribution in [0.2, 0.25) is 0 Å². The van der Waals surface area contributed by atoms with Gasteiger partial charge >= 0.3 is 7.32 Å². The summed E-state index contributed by atoms with van der Waals surface area (Å²) >= 11 is 0. The van der Waals surface area contributed by atoms with E-state index in [2.05, 4.69) is 27.7 Å². The first-order valence-corrected chi connectivity index (χ1v) is 6.69. The lowest BCUT2D eigenvalue weighted by Gasteiger charge is -2.42. The molecule has 0 aromatic heterocycles. The summed E-state index contributed by atoms with van der Waals surface area (Å²) in [5.74, 6) is 0. The topological polar surface area (TPSA) is 27.7 Å². The molecule has 1 aliphatic rings. The highest BCUT2D eigenvalue weighted by molar-refractivity contribution is 6.36. The maximum Gasteiger partial charge on any atom is 0.640 e. The second-order valence-corrected chi connectivity index (χ2v) is 6.31. The minimum absolute atomic E-state index is 0.111. The van der Waals surface area contributed by atoms with Gasteiger partial charge in [0.1, 0.15) is 0 Å². The Hall–Kier alpha value is -0.0551. The largest absolute Gasteiger partial charge is 0.640 e. The van der Waals surface area contributed by atoms with Crippen molar-refractivity contribution in [1.29, 1.82) is 0 Å². The summed E-state index contributed by atoms with van der Waals surface area (Å²) in [6.07, 6.45) is 3.51. The molecule has 0 unspecified atom stereocenters.